The molecule has 0 bridgehead atoms. The third-order valence-electron chi connectivity index (χ3n) is 3.42. The maximum absolute atomic E-state index is 13.1. The van der Waals surface area contributed by atoms with E-state index in [4.69, 9.17) is 0 Å². The third kappa shape index (κ3) is 3.34. The number of halogens is 1. The fourth-order valence-corrected chi connectivity index (χ4v) is 3.10. The molecule has 1 saturated heterocycles. The smallest absolute Gasteiger partial charge is 0.228 e. The average molecular weight is 300 g/mol. The lowest BCUT2D eigenvalue weighted by Gasteiger charge is -2.13. The third-order valence-corrected chi connectivity index (χ3v) is 4.69. The number of hydrogen-bond donors (Lipinski definition) is 1. The van der Waals surface area contributed by atoms with Crippen molar-refractivity contribution in [2.24, 2.45) is 5.92 Å². The summed E-state index contributed by atoms with van der Waals surface area (Å²) in [4.78, 5) is 12.1. The first-order valence-corrected chi connectivity index (χ1v) is 8.14. The quantitative estimate of drug-likeness (QED) is 0.916. The van der Waals surface area contributed by atoms with E-state index in [1.54, 1.807) is 13.0 Å². The zero-order valence-electron chi connectivity index (χ0n) is 11.4. The van der Waals surface area contributed by atoms with Crippen molar-refractivity contribution in [1.29, 1.82) is 0 Å². The van der Waals surface area contributed by atoms with Crippen LogP contribution in [0.4, 0.5) is 10.1 Å². The average Bonchev–Trinajstić information content (AvgIpc) is 2.83. The number of rotatable bonds is 3. The van der Waals surface area contributed by atoms with Gasteiger partial charge in [-0.2, -0.15) is 0 Å². The predicted molar refractivity (Wildman–Crippen MR) is 74.3 cm³/mol. The summed E-state index contributed by atoms with van der Waals surface area (Å²) < 4.78 is 37.2. The Morgan fingerprint density at radius 3 is 2.70 bits per heavy atom. The Morgan fingerprint density at radius 1 is 1.45 bits per heavy atom. The Kier molecular flexibility index (Phi) is 4.10. The van der Waals surface area contributed by atoms with Crippen LogP contribution in [-0.4, -0.2) is 38.0 Å². The van der Waals surface area contributed by atoms with E-state index in [1.807, 2.05) is 0 Å². The number of carbonyl (C=O) groups excluding carboxylic acids is 1. The number of sulfonamides is 1. The van der Waals surface area contributed by atoms with E-state index in [0.29, 0.717) is 24.2 Å². The SMILES string of the molecule is Cc1cc(NC(=O)[C@H]2CCN(S(C)(=O)=O)C2)ccc1F. The molecule has 1 heterocycles. The van der Waals surface area contributed by atoms with Gasteiger partial charge >= 0.3 is 0 Å². The zero-order valence-corrected chi connectivity index (χ0v) is 12.2. The number of nitrogens with zero attached hydrogens (tertiary/aromatic N) is 1. The summed E-state index contributed by atoms with van der Waals surface area (Å²) >= 11 is 0. The Morgan fingerprint density at radius 2 is 2.15 bits per heavy atom. The van der Waals surface area contributed by atoms with E-state index in [1.165, 1.54) is 16.4 Å². The monoisotopic (exact) mass is 300 g/mol. The van der Waals surface area contributed by atoms with Gasteiger partial charge in [-0.3, -0.25) is 4.79 Å². The van der Waals surface area contributed by atoms with Gasteiger partial charge in [0.2, 0.25) is 15.9 Å². The second kappa shape index (κ2) is 5.49. The topological polar surface area (TPSA) is 66.5 Å². The Labute approximate surface area is 117 Å². The molecule has 0 unspecified atom stereocenters. The van der Waals surface area contributed by atoms with Crippen LogP contribution in [0.3, 0.4) is 0 Å². The lowest BCUT2D eigenvalue weighted by Crippen LogP contribution is -2.30. The summed E-state index contributed by atoms with van der Waals surface area (Å²) in [6.45, 7) is 2.18. The van der Waals surface area contributed by atoms with Crippen molar-refractivity contribution >= 4 is 21.6 Å². The summed E-state index contributed by atoms with van der Waals surface area (Å²) in [6, 6.07) is 4.34. The molecular weight excluding hydrogens is 283 g/mol. The molecule has 0 aliphatic carbocycles. The van der Waals surface area contributed by atoms with E-state index < -0.39 is 10.0 Å². The zero-order chi connectivity index (χ0) is 14.9. The largest absolute Gasteiger partial charge is 0.326 e. The van der Waals surface area contributed by atoms with Crippen LogP contribution >= 0.6 is 0 Å². The van der Waals surface area contributed by atoms with Crippen molar-refractivity contribution in [2.75, 3.05) is 24.7 Å². The van der Waals surface area contributed by atoms with E-state index in [-0.39, 0.29) is 24.2 Å². The minimum atomic E-state index is -3.25. The Bertz CT molecular complexity index is 631. The second-order valence-electron chi connectivity index (χ2n) is 5.06. The Hall–Kier alpha value is -1.47. The standard InChI is InChI=1S/C13H17FN2O3S/c1-9-7-11(3-4-12(9)14)15-13(17)10-5-6-16(8-10)20(2,18)19/h3-4,7,10H,5-6,8H2,1-2H3,(H,15,17)/t10-/m0/s1. The molecule has 110 valence electrons. The van der Waals surface area contributed by atoms with Gasteiger partial charge in [0.25, 0.3) is 0 Å². The van der Waals surface area contributed by atoms with Gasteiger partial charge < -0.3 is 5.32 Å². The maximum atomic E-state index is 13.1. The van der Waals surface area contributed by atoms with Crippen LogP contribution in [0, 0.1) is 18.7 Å². The van der Waals surface area contributed by atoms with Crippen molar-refractivity contribution in [3.8, 4) is 0 Å². The molecule has 0 saturated carbocycles. The summed E-state index contributed by atoms with van der Waals surface area (Å²) in [5.74, 6) is -0.927. The van der Waals surface area contributed by atoms with Crippen LogP contribution < -0.4 is 5.32 Å². The summed E-state index contributed by atoms with van der Waals surface area (Å²) in [7, 11) is -3.25. The van der Waals surface area contributed by atoms with Gasteiger partial charge in [0, 0.05) is 18.8 Å². The summed E-state index contributed by atoms with van der Waals surface area (Å²) in [5, 5.41) is 2.70. The number of benzene rings is 1. The van der Waals surface area contributed by atoms with E-state index in [9.17, 15) is 17.6 Å². The molecule has 5 nitrogen and oxygen atoms in total. The lowest BCUT2D eigenvalue weighted by atomic mass is 10.1. The minimum Gasteiger partial charge on any atom is -0.326 e. The van der Waals surface area contributed by atoms with Crippen LogP contribution in [0.2, 0.25) is 0 Å². The number of amides is 1. The number of carbonyl (C=O) groups is 1. The first kappa shape index (κ1) is 14.9. The molecule has 1 aliphatic rings. The Balaban J connectivity index is 2.01. The highest BCUT2D eigenvalue weighted by molar-refractivity contribution is 7.88. The maximum Gasteiger partial charge on any atom is 0.228 e. The molecule has 20 heavy (non-hydrogen) atoms. The molecule has 0 spiro atoms. The van der Waals surface area contributed by atoms with Crippen LogP contribution in [-0.2, 0) is 14.8 Å². The first-order chi connectivity index (χ1) is 9.27. The highest BCUT2D eigenvalue weighted by Crippen LogP contribution is 2.21. The van der Waals surface area contributed by atoms with Crippen LogP contribution in [0.5, 0.6) is 0 Å². The van der Waals surface area contributed by atoms with Crippen LogP contribution in [0.15, 0.2) is 18.2 Å². The van der Waals surface area contributed by atoms with Gasteiger partial charge in [-0.05, 0) is 37.1 Å². The number of hydrogen-bond acceptors (Lipinski definition) is 3. The van der Waals surface area contributed by atoms with Gasteiger partial charge in [0.05, 0.1) is 12.2 Å². The fraction of sp³-hybridized carbons (Fsp3) is 0.462. The lowest BCUT2D eigenvalue weighted by molar-refractivity contribution is -0.119. The van der Waals surface area contributed by atoms with Gasteiger partial charge in [0.15, 0.2) is 0 Å². The molecule has 1 fully saturated rings. The van der Waals surface area contributed by atoms with E-state index in [0.717, 1.165) is 6.26 Å². The summed E-state index contributed by atoms with van der Waals surface area (Å²) in [5.41, 5.74) is 0.971. The molecule has 2 rings (SSSR count). The molecule has 1 N–H and O–H groups in total. The highest BCUT2D eigenvalue weighted by Gasteiger charge is 2.32. The van der Waals surface area contributed by atoms with E-state index >= 15 is 0 Å². The van der Waals surface area contributed by atoms with E-state index in [2.05, 4.69) is 5.32 Å². The number of nitrogens with one attached hydrogen (secondary N) is 1. The highest BCUT2D eigenvalue weighted by atomic mass is 32.2. The first-order valence-electron chi connectivity index (χ1n) is 6.29. The summed E-state index contributed by atoms with van der Waals surface area (Å²) in [6.07, 6.45) is 1.63. The predicted octanol–water partition coefficient (Wildman–Crippen LogP) is 1.35. The van der Waals surface area contributed by atoms with Crippen LogP contribution in [0.25, 0.3) is 0 Å². The normalized spacial score (nSPS) is 20.1. The molecule has 7 heteroatoms. The fourth-order valence-electron chi connectivity index (χ4n) is 2.21. The van der Waals surface area contributed by atoms with Crippen LogP contribution in [0.1, 0.15) is 12.0 Å². The molecule has 0 aromatic heterocycles. The van der Waals surface area contributed by atoms with Gasteiger partial charge in [-0.15, -0.1) is 0 Å². The molecule has 1 amide bonds. The van der Waals surface area contributed by atoms with Gasteiger partial charge in [-0.25, -0.2) is 17.1 Å². The van der Waals surface area contributed by atoms with Crippen molar-refractivity contribution in [2.45, 2.75) is 13.3 Å². The van der Waals surface area contributed by atoms with Crippen molar-refractivity contribution in [1.82, 2.24) is 4.31 Å². The van der Waals surface area contributed by atoms with Crippen molar-refractivity contribution < 1.29 is 17.6 Å². The van der Waals surface area contributed by atoms with Crippen molar-refractivity contribution in [3.05, 3.63) is 29.6 Å². The van der Waals surface area contributed by atoms with Gasteiger partial charge in [0.1, 0.15) is 5.82 Å². The van der Waals surface area contributed by atoms with Gasteiger partial charge in [-0.1, -0.05) is 0 Å². The number of aryl methyl sites for hydroxylation is 1. The molecule has 1 atom stereocenters. The molecule has 0 radical (unpaired) electrons. The number of anilines is 1. The molecular formula is C13H17FN2O3S. The second-order valence-corrected chi connectivity index (χ2v) is 7.04. The molecule has 1 aromatic carbocycles. The van der Waals surface area contributed by atoms with Crippen molar-refractivity contribution in [3.63, 3.8) is 0 Å². The molecule has 1 aliphatic heterocycles. The minimum absolute atomic E-state index is 0.199. The molecule has 1 aromatic rings.